The van der Waals surface area contributed by atoms with Crippen molar-refractivity contribution in [2.24, 2.45) is 5.41 Å². The van der Waals surface area contributed by atoms with Crippen molar-refractivity contribution in [3.63, 3.8) is 0 Å². The topological polar surface area (TPSA) is 91.3 Å². The highest BCUT2D eigenvalue weighted by molar-refractivity contribution is 5.80. The summed E-state index contributed by atoms with van der Waals surface area (Å²) in [6, 6.07) is 1.93. The van der Waals surface area contributed by atoms with Crippen molar-refractivity contribution in [3.8, 4) is 0 Å². The second-order valence-electron chi connectivity index (χ2n) is 9.87. The quantitative estimate of drug-likeness (QED) is 0.509. The summed E-state index contributed by atoms with van der Waals surface area (Å²) < 4.78 is 18.9. The monoisotopic (exact) mass is 444 g/mol. The van der Waals surface area contributed by atoms with Gasteiger partial charge in [0.1, 0.15) is 17.3 Å². The van der Waals surface area contributed by atoms with Crippen molar-refractivity contribution in [2.45, 2.75) is 59.2 Å². The van der Waals surface area contributed by atoms with Gasteiger partial charge in [-0.3, -0.25) is 4.40 Å². The average molecular weight is 445 g/mol. The zero-order valence-corrected chi connectivity index (χ0v) is 20.1. The van der Waals surface area contributed by atoms with E-state index < -0.39 is 17.7 Å². The van der Waals surface area contributed by atoms with Gasteiger partial charge in [-0.15, -0.1) is 0 Å². The Labute approximate surface area is 190 Å². The maximum atomic E-state index is 12.9. The number of nitrogens with two attached hydrogens (primary N) is 1. The maximum absolute atomic E-state index is 12.9. The molecule has 0 amide bonds. The summed E-state index contributed by atoms with van der Waals surface area (Å²) in [6.07, 6.45) is 4.29. The fourth-order valence-electron chi connectivity index (χ4n) is 4.26. The van der Waals surface area contributed by atoms with E-state index in [-0.39, 0.29) is 5.41 Å². The largest absolute Gasteiger partial charge is 0.501 e. The van der Waals surface area contributed by atoms with Crippen LogP contribution in [0.3, 0.4) is 0 Å². The molecule has 2 aromatic heterocycles. The maximum Gasteiger partial charge on any atom is 0.339 e. The number of imidazole rings is 1. The second-order valence-corrected chi connectivity index (χ2v) is 9.87. The molecule has 0 radical (unpaired) electrons. The molecule has 3 heterocycles. The predicted octanol–water partition coefficient (Wildman–Crippen LogP) is 4.02. The Hall–Kier alpha value is -2.74. The molecule has 176 valence electrons. The fraction of sp³-hybridized carbons (Fsp3) is 0.583. The molecule has 0 unspecified atom stereocenters. The summed E-state index contributed by atoms with van der Waals surface area (Å²) in [4.78, 5) is 19.6. The third kappa shape index (κ3) is 5.01. The van der Waals surface area contributed by atoms with Gasteiger partial charge >= 0.3 is 5.97 Å². The van der Waals surface area contributed by atoms with Crippen LogP contribution in [0, 0.1) is 12.3 Å². The Balaban J connectivity index is 2.11. The first kappa shape index (κ1) is 23.9. The number of carbonyl (C=O) groups is 1. The number of rotatable bonds is 7. The van der Waals surface area contributed by atoms with E-state index in [9.17, 15) is 4.79 Å². The van der Waals surface area contributed by atoms with Gasteiger partial charge in [0.25, 0.3) is 0 Å². The van der Waals surface area contributed by atoms with Crippen molar-refractivity contribution in [1.29, 1.82) is 0 Å². The summed E-state index contributed by atoms with van der Waals surface area (Å²) in [6.45, 7) is 15.9. The van der Waals surface area contributed by atoms with Crippen molar-refractivity contribution in [3.05, 3.63) is 36.2 Å². The van der Waals surface area contributed by atoms with Crippen LogP contribution in [0.1, 0.15) is 57.8 Å². The van der Waals surface area contributed by atoms with Crippen LogP contribution in [0.5, 0.6) is 0 Å². The normalized spacial score (nSPS) is 17.2. The standard InChI is InChI=1S/C24H36N4O4/c1-8-31-15-24(6)9-11-27(12-10-24)21-19(20(22(29)30-7)32-23(3,4)5)16(2)13-18-26-17(25)14-28(18)21/h8,13-14,20H,1,9-12,15,25H2,2-7H3/t20-/m0/s1. The van der Waals surface area contributed by atoms with Crippen molar-refractivity contribution in [1.82, 2.24) is 9.38 Å². The van der Waals surface area contributed by atoms with Crippen LogP contribution in [0.4, 0.5) is 11.6 Å². The highest BCUT2D eigenvalue weighted by Gasteiger charge is 2.37. The first-order valence-corrected chi connectivity index (χ1v) is 11.0. The van der Waals surface area contributed by atoms with E-state index in [0.29, 0.717) is 12.4 Å². The molecule has 2 aromatic rings. The lowest BCUT2D eigenvalue weighted by Gasteiger charge is -2.41. The number of ether oxygens (including phenoxy) is 3. The molecule has 0 saturated carbocycles. The Morgan fingerprint density at radius 2 is 2.03 bits per heavy atom. The number of aromatic nitrogens is 2. The number of methoxy groups -OCH3 is 1. The number of hydrogen-bond donors (Lipinski definition) is 1. The van der Waals surface area contributed by atoms with Gasteiger partial charge in [0.15, 0.2) is 6.10 Å². The van der Waals surface area contributed by atoms with Gasteiger partial charge in [0.05, 0.1) is 31.8 Å². The Bertz CT molecular complexity index is 984. The first-order valence-electron chi connectivity index (χ1n) is 11.0. The number of hydrogen-bond acceptors (Lipinski definition) is 7. The zero-order chi connectivity index (χ0) is 23.7. The molecule has 3 rings (SSSR count). The summed E-state index contributed by atoms with van der Waals surface area (Å²) >= 11 is 0. The molecular formula is C24H36N4O4. The van der Waals surface area contributed by atoms with Gasteiger partial charge in [-0.2, -0.15) is 0 Å². The Morgan fingerprint density at radius 1 is 1.38 bits per heavy atom. The van der Waals surface area contributed by atoms with Crippen molar-refractivity contribution >= 4 is 23.3 Å². The number of pyridine rings is 1. The van der Waals surface area contributed by atoms with E-state index in [4.69, 9.17) is 19.9 Å². The molecule has 0 spiro atoms. The van der Waals surface area contributed by atoms with Crippen LogP contribution >= 0.6 is 0 Å². The highest BCUT2D eigenvalue weighted by Crippen LogP contribution is 2.40. The molecule has 2 N–H and O–H groups in total. The van der Waals surface area contributed by atoms with E-state index in [1.54, 1.807) is 6.20 Å². The SMILES string of the molecule is C=COCC1(C)CCN(c2c([C@H](OC(C)(C)C)C(=O)OC)c(C)cc3nc(N)cn23)CC1. The van der Waals surface area contributed by atoms with Gasteiger partial charge in [0.2, 0.25) is 0 Å². The highest BCUT2D eigenvalue weighted by atomic mass is 16.6. The molecule has 1 atom stereocenters. The molecule has 8 nitrogen and oxygen atoms in total. The van der Waals surface area contributed by atoms with Crippen LogP contribution in [0.15, 0.2) is 25.1 Å². The summed E-state index contributed by atoms with van der Waals surface area (Å²) in [5, 5.41) is 0. The van der Waals surface area contributed by atoms with Gasteiger partial charge in [-0.25, -0.2) is 9.78 Å². The lowest BCUT2D eigenvalue weighted by Crippen LogP contribution is -2.42. The van der Waals surface area contributed by atoms with Crippen LogP contribution < -0.4 is 10.6 Å². The summed E-state index contributed by atoms with van der Waals surface area (Å²) in [5.74, 6) is 0.865. The second kappa shape index (κ2) is 9.02. The number of piperidine rings is 1. The van der Waals surface area contributed by atoms with Gasteiger partial charge in [0, 0.05) is 24.1 Å². The third-order valence-corrected chi connectivity index (χ3v) is 5.96. The fourth-order valence-corrected chi connectivity index (χ4v) is 4.26. The van der Waals surface area contributed by atoms with Crippen molar-refractivity contribution < 1.29 is 19.0 Å². The lowest BCUT2D eigenvalue weighted by atomic mass is 9.81. The number of nitrogens with zero attached hydrogens (tertiary/aromatic N) is 3. The van der Waals surface area contributed by atoms with Gasteiger partial charge in [-0.1, -0.05) is 13.5 Å². The Kier molecular flexibility index (Phi) is 6.74. The molecule has 8 heteroatoms. The molecule has 32 heavy (non-hydrogen) atoms. The number of fused-ring (bicyclic) bond motifs is 1. The van der Waals surface area contributed by atoms with Crippen LogP contribution in [0.2, 0.25) is 0 Å². The average Bonchev–Trinajstić information content (AvgIpc) is 3.09. The predicted molar refractivity (Wildman–Crippen MR) is 126 cm³/mol. The van der Waals surface area contributed by atoms with Gasteiger partial charge < -0.3 is 24.8 Å². The molecule has 1 aliphatic rings. The minimum atomic E-state index is -0.875. The molecule has 1 fully saturated rings. The molecule has 0 aliphatic carbocycles. The van der Waals surface area contributed by atoms with E-state index >= 15 is 0 Å². The third-order valence-electron chi connectivity index (χ3n) is 5.96. The number of nitrogen functional groups attached to an aromatic ring is 1. The first-order chi connectivity index (χ1) is 15.0. The smallest absolute Gasteiger partial charge is 0.339 e. The molecular weight excluding hydrogens is 408 g/mol. The van der Waals surface area contributed by atoms with E-state index in [1.165, 1.54) is 13.4 Å². The molecule has 1 aliphatic heterocycles. The van der Waals surface area contributed by atoms with Crippen LogP contribution in [-0.2, 0) is 19.0 Å². The van der Waals surface area contributed by atoms with E-state index in [0.717, 1.165) is 48.5 Å². The number of esters is 1. The van der Waals surface area contributed by atoms with E-state index in [1.807, 2.05) is 38.2 Å². The van der Waals surface area contributed by atoms with Crippen LogP contribution in [-0.4, -0.2) is 47.8 Å². The van der Waals surface area contributed by atoms with Gasteiger partial charge in [-0.05, 0) is 52.2 Å². The summed E-state index contributed by atoms with van der Waals surface area (Å²) in [5.41, 5.74) is 7.99. The minimum Gasteiger partial charge on any atom is -0.501 e. The Morgan fingerprint density at radius 3 is 2.59 bits per heavy atom. The van der Waals surface area contributed by atoms with E-state index in [2.05, 4.69) is 23.4 Å². The van der Waals surface area contributed by atoms with Crippen LogP contribution in [0.25, 0.3) is 5.65 Å². The zero-order valence-electron chi connectivity index (χ0n) is 20.1. The van der Waals surface area contributed by atoms with Crippen molar-refractivity contribution in [2.75, 3.05) is 37.4 Å². The number of carbonyl (C=O) groups excluding carboxylic acids is 1. The molecule has 0 bridgehead atoms. The summed E-state index contributed by atoms with van der Waals surface area (Å²) in [7, 11) is 1.38. The number of aryl methyl sites for hydroxylation is 1. The number of anilines is 2. The minimum absolute atomic E-state index is 0.0609. The lowest BCUT2D eigenvalue weighted by molar-refractivity contribution is -0.164. The molecule has 1 saturated heterocycles. The molecule has 0 aromatic carbocycles.